The third-order valence-electron chi connectivity index (χ3n) is 21.2. The van der Waals surface area contributed by atoms with Crippen molar-refractivity contribution >= 4 is 46.1 Å². The van der Waals surface area contributed by atoms with Crippen LogP contribution in [0.15, 0.2) is 218 Å². The molecule has 4 heterocycles. The van der Waals surface area contributed by atoms with Gasteiger partial charge >= 0.3 is 11.9 Å². The highest BCUT2D eigenvalue weighted by Gasteiger charge is 2.56. The monoisotopic (exact) mass is 1300 g/mol. The Kier molecular flexibility index (Phi) is 18.3. The van der Waals surface area contributed by atoms with Crippen LogP contribution in [0, 0.1) is 13.8 Å². The van der Waals surface area contributed by atoms with Crippen LogP contribution in [0.25, 0.3) is 0 Å². The molecule has 0 saturated carbocycles. The van der Waals surface area contributed by atoms with Crippen molar-refractivity contribution in [1.82, 2.24) is 0 Å². The smallest absolute Gasteiger partial charge is 0.340 e. The number of unbranched alkanes of at least 4 members (excludes halogenated alkanes) is 4. The van der Waals surface area contributed by atoms with Gasteiger partial charge in [0.1, 0.15) is 23.0 Å². The lowest BCUT2D eigenvalue weighted by atomic mass is 9.74. The maximum absolute atomic E-state index is 14.3. The van der Waals surface area contributed by atoms with Gasteiger partial charge in [0.25, 0.3) is 0 Å². The van der Waals surface area contributed by atoms with E-state index in [4.69, 9.17) is 18.9 Å². The lowest BCUT2D eigenvalue weighted by Crippen LogP contribution is -2.34. The molecule has 0 amide bonds. The zero-order valence-electron chi connectivity index (χ0n) is 58.1. The van der Waals surface area contributed by atoms with E-state index >= 15 is 0 Å². The first-order valence-corrected chi connectivity index (χ1v) is 35.8. The summed E-state index contributed by atoms with van der Waals surface area (Å²) in [7, 11) is 0. The number of carbonyl (C=O) groups is 2. The number of rotatable bonds is 25. The molecule has 2 unspecified atom stereocenters. The van der Waals surface area contributed by atoms with Crippen LogP contribution in [0.1, 0.15) is 187 Å². The first-order valence-electron chi connectivity index (χ1n) is 35.8. The van der Waals surface area contributed by atoms with E-state index in [2.05, 4.69) is 245 Å². The van der Waals surface area contributed by atoms with Crippen LogP contribution in [-0.4, -0.2) is 38.1 Å². The van der Waals surface area contributed by atoms with E-state index in [0.29, 0.717) is 47.2 Å². The number of carbonyl (C=O) groups excluding carboxylic acids is 2. The summed E-state index contributed by atoms with van der Waals surface area (Å²) in [4.78, 5) is 38.2. The van der Waals surface area contributed by atoms with E-state index in [1.807, 2.05) is 48.5 Å². The normalized spacial score (nSPS) is 16.5. The topological polar surface area (TPSA) is 84.0 Å². The molecule has 2 spiro atoms. The van der Waals surface area contributed by atoms with Crippen molar-refractivity contribution in [1.29, 1.82) is 0 Å². The zero-order chi connectivity index (χ0) is 67.7. The van der Waals surface area contributed by atoms with E-state index in [-0.39, 0.29) is 17.4 Å². The molecular formula is C88H90N4O6. The molecule has 498 valence electrons. The number of nitrogens with zero attached hydrogens (tertiary/aromatic N) is 4. The highest BCUT2D eigenvalue weighted by atomic mass is 16.6. The fourth-order valence-corrected chi connectivity index (χ4v) is 15.5. The summed E-state index contributed by atoms with van der Waals surface area (Å²) in [6, 6.07) is 76.8. The largest absolute Gasteiger partial charge is 0.456 e. The lowest BCUT2D eigenvalue weighted by molar-refractivity contribution is 0.0214. The molecule has 10 aromatic rings. The second-order valence-electron chi connectivity index (χ2n) is 27.4. The van der Waals surface area contributed by atoms with E-state index < -0.39 is 11.2 Å². The standard InChI is InChI=1S/C88H90N4O6/c1-9-14-48-89(49-15-10-2)68-44-46-74-82(54-68)95-80-52-60(6)78(56-76(80)87(74)72-34-26-24-32-70(72)84(93)97-87)91(58-62-28-20-18-21-29-62)66-40-36-64(37-41-66)86(8,13-5)65-38-42-67(43-39-65)92(59-63-30-22-19-23-31-63)79-57-77-81(53-61(79)7)96-83-55-69(90(50-16-11-3)51-17-12-4)45-47-75(83)88(77)73-35-27-25-33-71(73)85(94)98-88/h18-47,52-57H,9-17,48-51,58-59H2,1-8H3. The molecule has 0 bridgehead atoms. The van der Waals surface area contributed by atoms with Crippen molar-refractivity contribution in [2.24, 2.45) is 0 Å². The minimum absolute atomic E-state index is 0.348. The fraction of sp³-hybridized carbons (Fsp3) is 0.295. The summed E-state index contributed by atoms with van der Waals surface area (Å²) in [5, 5.41) is 0. The summed E-state index contributed by atoms with van der Waals surface area (Å²) in [6.45, 7) is 22.9. The Morgan fingerprint density at radius 1 is 0.367 bits per heavy atom. The molecule has 98 heavy (non-hydrogen) atoms. The number of hydrogen-bond acceptors (Lipinski definition) is 10. The Hall–Kier alpha value is -10.1. The summed E-state index contributed by atoms with van der Waals surface area (Å²) >= 11 is 0. The molecule has 0 aromatic heterocycles. The SMILES string of the molecule is CCCCN(CCCC)c1ccc2c(c1)Oc1cc(C)c(N(Cc3ccccc3)c3ccc(C(C)(CC)c4ccc(N(Cc5ccccc5)c5cc6c(cc5C)Oc5cc(N(CCCC)CCCC)ccc5C65OC(=O)c6ccccc65)cc4)cc3)cc1C21OC(=O)c2ccccc21. The van der Waals surface area contributed by atoms with Crippen LogP contribution < -0.4 is 29.1 Å². The quantitative estimate of drug-likeness (QED) is 0.0516. The number of esters is 2. The second-order valence-corrected chi connectivity index (χ2v) is 27.4. The average Bonchev–Trinajstić information content (AvgIpc) is 1.53. The highest BCUT2D eigenvalue weighted by Crippen LogP contribution is 2.60. The Balaban J connectivity index is 0.818. The predicted octanol–water partition coefficient (Wildman–Crippen LogP) is 21.6. The number of ether oxygens (including phenoxy) is 4. The molecule has 10 aromatic carbocycles. The Morgan fingerprint density at radius 3 is 1.08 bits per heavy atom. The minimum atomic E-state index is -1.24. The molecule has 10 heteroatoms. The second kappa shape index (κ2) is 27.5. The summed E-state index contributed by atoms with van der Waals surface area (Å²) in [5.41, 5.74) is 16.1. The van der Waals surface area contributed by atoms with Crippen molar-refractivity contribution in [2.75, 3.05) is 45.8 Å². The van der Waals surface area contributed by atoms with E-state index in [0.717, 1.165) is 174 Å². The van der Waals surface area contributed by atoms with Gasteiger partial charge in [0.15, 0.2) is 11.2 Å². The maximum Gasteiger partial charge on any atom is 0.340 e. The Morgan fingerprint density at radius 2 is 0.714 bits per heavy atom. The van der Waals surface area contributed by atoms with Gasteiger partial charge in [-0.1, -0.05) is 189 Å². The average molecular weight is 1300 g/mol. The molecule has 2 atom stereocenters. The molecule has 10 nitrogen and oxygen atoms in total. The van der Waals surface area contributed by atoms with Crippen molar-refractivity contribution in [3.63, 3.8) is 0 Å². The number of fused-ring (bicyclic) bond motifs is 12. The van der Waals surface area contributed by atoms with Gasteiger partial charge in [-0.25, -0.2) is 9.59 Å². The van der Waals surface area contributed by atoms with Crippen molar-refractivity contribution in [2.45, 2.75) is 143 Å². The summed E-state index contributed by atoms with van der Waals surface area (Å²) in [6.07, 6.45) is 9.65. The van der Waals surface area contributed by atoms with Crippen molar-refractivity contribution in [3.05, 3.63) is 296 Å². The van der Waals surface area contributed by atoms with Crippen LogP contribution in [-0.2, 0) is 39.2 Å². The van der Waals surface area contributed by atoms with Gasteiger partial charge in [-0.3, -0.25) is 0 Å². The fourth-order valence-electron chi connectivity index (χ4n) is 15.5. The van der Waals surface area contributed by atoms with Gasteiger partial charge in [0.2, 0.25) is 0 Å². The third kappa shape index (κ3) is 11.6. The number of anilines is 6. The molecule has 0 radical (unpaired) electrons. The van der Waals surface area contributed by atoms with Gasteiger partial charge < -0.3 is 38.5 Å². The van der Waals surface area contributed by atoms with E-state index in [1.165, 1.54) is 11.1 Å². The molecule has 0 saturated heterocycles. The number of hydrogen-bond donors (Lipinski definition) is 0. The number of aryl methyl sites for hydroxylation is 2. The third-order valence-corrected chi connectivity index (χ3v) is 21.2. The minimum Gasteiger partial charge on any atom is -0.456 e. The van der Waals surface area contributed by atoms with Crippen LogP contribution >= 0.6 is 0 Å². The van der Waals surface area contributed by atoms with Gasteiger partial charge in [0, 0.05) is 124 Å². The van der Waals surface area contributed by atoms with E-state index in [9.17, 15) is 9.59 Å². The first kappa shape index (κ1) is 65.2. The molecular weight excluding hydrogens is 1210 g/mol. The first-order chi connectivity index (χ1) is 47.8. The Bertz CT molecular complexity index is 4270. The molecule has 0 aliphatic carbocycles. The molecule has 4 aliphatic rings. The van der Waals surface area contributed by atoms with Gasteiger partial charge in [0.05, 0.1) is 11.1 Å². The van der Waals surface area contributed by atoms with Crippen LogP contribution in [0.5, 0.6) is 23.0 Å². The van der Waals surface area contributed by atoms with E-state index in [1.54, 1.807) is 0 Å². The van der Waals surface area contributed by atoms with Crippen LogP contribution in [0.4, 0.5) is 34.1 Å². The zero-order valence-corrected chi connectivity index (χ0v) is 58.1. The lowest BCUT2D eigenvalue weighted by Gasteiger charge is -2.39. The predicted molar refractivity (Wildman–Crippen MR) is 397 cm³/mol. The van der Waals surface area contributed by atoms with Gasteiger partial charge in [-0.05, 0) is 164 Å². The van der Waals surface area contributed by atoms with Crippen molar-refractivity contribution in [3.8, 4) is 23.0 Å². The molecule has 4 aliphatic heterocycles. The molecule has 0 N–H and O–H groups in total. The summed E-state index contributed by atoms with van der Waals surface area (Å²) in [5.74, 6) is 2.05. The molecule has 0 fully saturated rings. The summed E-state index contributed by atoms with van der Waals surface area (Å²) < 4.78 is 27.8. The number of benzene rings is 10. The highest BCUT2D eigenvalue weighted by molar-refractivity contribution is 5.98. The van der Waals surface area contributed by atoms with Crippen molar-refractivity contribution < 1.29 is 28.5 Å². The Labute approximate surface area is 579 Å². The van der Waals surface area contributed by atoms with Crippen LogP contribution in [0.3, 0.4) is 0 Å². The van der Waals surface area contributed by atoms with Crippen LogP contribution in [0.2, 0.25) is 0 Å². The van der Waals surface area contributed by atoms with Gasteiger partial charge in [-0.15, -0.1) is 0 Å². The van der Waals surface area contributed by atoms with Gasteiger partial charge in [-0.2, -0.15) is 0 Å². The maximum atomic E-state index is 14.3. The molecule has 14 rings (SSSR count).